The summed E-state index contributed by atoms with van der Waals surface area (Å²) in [5.41, 5.74) is 7.01. The number of hydrogen-bond donors (Lipinski definition) is 2. The monoisotopic (exact) mass is 314 g/mol. The van der Waals surface area contributed by atoms with Gasteiger partial charge < -0.3 is 11.1 Å². The van der Waals surface area contributed by atoms with Gasteiger partial charge in [-0.2, -0.15) is 0 Å². The number of nitrogens with one attached hydrogen (secondary N) is 1. The first kappa shape index (κ1) is 15.8. The van der Waals surface area contributed by atoms with Gasteiger partial charge in [0, 0.05) is 4.88 Å². The van der Waals surface area contributed by atoms with E-state index in [1.807, 2.05) is 11.3 Å². The molecule has 0 radical (unpaired) electrons. The minimum absolute atomic E-state index is 0. The summed E-state index contributed by atoms with van der Waals surface area (Å²) in [6.07, 6.45) is 8.42. The highest BCUT2D eigenvalue weighted by atomic mass is 35.5. The fourth-order valence-corrected chi connectivity index (χ4v) is 4.34. The van der Waals surface area contributed by atoms with Crippen molar-refractivity contribution < 1.29 is 4.79 Å². The van der Waals surface area contributed by atoms with E-state index in [4.69, 9.17) is 5.73 Å². The molecule has 1 fully saturated rings. The van der Waals surface area contributed by atoms with Crippen molar-refractivity contribution in [2.24, 2.45) is 5.73 Å². The summed E-state index contributed by atoms with van der Waals surface area (Å²) < 4.78 is 0. The van der Waals surface area contributed by atoms with E-state index in [0.717, 1.165) is 44.9 Å². The van der Waals surface area contributed by atoms with E-state index in [1.54, 1.807) is 0 Å². The maximum Gasteiger partial charge on any atom is 0.240 e. The van der Waals surface area contributed by atoms with Crippen LogP contribution in [0.2, 0.25) is 0 Å². The lowest BCUT2D eigenvalue weighted by atomic mass is 9.81. The van der Waals surface area contributed by atoms with Gasteiger partial charge in [0.15, 0.2) is 0 Å². The Labute approximate surface area is 130 Å². The van der Waals surface area contributed by atoms with Crippen LogP contribution in [0.5, 0.6) is 0 Å². The lowest BCUT2D eigenvalue weighted by Crippen LogP contribution is -2.55. The van der Waals surface area contributed by atoms with Gasteiger partial charge in [0.2, 0.25) is 5.91 Å². The molecule has 0 bridgehead atoms. The van der Waals surface area contributed by atoms with Crippen molar-refractivity contribution in [2.75, 3.05) is 0 Å². The van der Waals surface area contributed by atoms with E-state index in [0.29, 0.717) is 0 Å². The van der Waals surface area contributed by atoms with E-state index in [-0.39, 0.29) is 24.4 Å². The zero-order chi connectivity index (χ0) is 13.3. The summed E-state index contributed by atoms with van der Waals surface area (Å²) in [5, 5.41) is 5.35. The van der Waals surface area contributed by atoms with Crippen LogP contribution < -0.4 is 11.1 Å². The zero-order valence-electron chi connectivity index (χ0n) is 11.7. The lowest BCUT2D eigenvalue weighted by Gasteiger charge is -2.34. The van der Waals surface area contributed by atoms with Crippen molar-refractivity contribution in [2.45, 2.75) is 62.9 Å². The molecule has 20 heavy (non-hydrogen) atoms. The van der Waals surface area contributed by atoms with Crippen LogP contribution >= 0.6 is 23.7 Å². The normalized spacial score (nSPS) is 24.4. The number of carbonyl (C=O) groups is 1. The lowest BCUT2D eigenvalue weighted by molar-refractivity contribution is -0.128. The van der Waals surface area contributed by atoms with Gasteiger partial charge in [0.1, 0.15) is 0 Å². The molecule has 1 amide bonds. The smallest absolute Gasteiger partial charge is 0.240 e. The molecule has 1 atom stereocenters. The molecule has 2 aliphatic carbocycles. The number of hydrogen-bond acceptors (Lipinski definition) is 3. The van der Waals surface area contributed by atoms with E-state index >= 15 is 0 Å². The van der Waals surface area contributed by atoms with Gasteiger partial charge in [-0.1, -0.05) is 19.3 Å². The summed E-state index contributed by atoms with van der Waals surface area (Å²) in [6.45, 7) is 0. The minimum atomic E-state index is -0.619. The molecular formula is C15H23ClN2OS. The van der Waals surface area contributed by atoms with Gasteiger partial charge in [-0.05, 0) is 49.1 Å². The molecule has 1 aromatic rings. The number of nitrogens with two attached hydrogens (primary N) is 1. The molecule has 1 heterocycles. The molecule has 2 aliphatic rings. The van der Waals surface area contributed by atoms with Gasteiger partial charge >= 0.3 is 0 Å². The number of aryl methyl sites for hydroxylation is 1. The summed E-state index contributed by atoms with van der Waals surface area (Å²) in [7, 11) is 0. The fourth-order valence-electron chi connectivity index (χ4n) is 3.35. The first-order valence-corrected chi connectivity index (χ1v) is 8.23. The summed E-state index contributed by atoms with van der Waals surface area (Å²) in [6, 6.07) is 2.35. The number of thiophene rings is 1. The van der Waals surface area contributed by atoms with Gasteiger partial charge in [-0.15, -0.1) is 23.7 Å². The summed E-state index contributed by atoms with van der Waals surface area (Å²) >= 11 is 1.81. The third-order valence-electron chi connectivity index (χ3n) is 4.56. The molecular weight excluding hydrogens is 292 g/mol. The molecule has 112 valence electrons. The Balaban J connectivity index is 0.00000147. The highest BCUT2D eigenvalue weighted by Gasteiger charge is 2.37. The molecule has 5 heteroatoms. The number of halogens is 1. The Morgan fingerprint density at radius 1 is 1.30 bits per heavy atom. The van der Waals surface area contributed by atoms with Gasteiger partial charge in [0.05, 0.1) is 11.6 Å². The number of amides is 1. The Hall–Kier alpha value is -0.580. The molecule has 1 unspecified atom stereocenters. The Morgan fingerprint density at radius 3 is 2.80 bits per heavy atom. The topological polar surface area (TPSA) is 55.1 Å². The standard InChI is InChI=1S/C15H22N2OS.ClH/c16-15(8-2-1-3-9-15)14(18)17-12-5-4-6-13-11(12)7-10-19-13;/h7,10,12H,1-6,8-9,16H2,(H,17,18);1H. The molecule has 3 N–H and O–H groups in total. The molecule has 1 saturated carbocycles. The van der Waals surface area contributed by atoms with Crippen LogP contribution in [0.4, 0.5) is 0 Å². The Morgan fingerprint density at radius 2 is 2.05 bits per heavy atom. The van der Waals surface area contributed by atoms with Crippen LogP contribution in [-0.4, -0.2) is 11.4 Å². The maximum absolute atomic E-state index is 12.5. The second-order valence-corrected chi connectivity index (χ2v) is 6.93. The molecule has 0 aromatic carbocycles. The maximum atomic E-state index is 12.5. The van der Waals surface area contributed by atoms with E-state index in [1.165, 1.54) is 16.9 Å². The van der Waals surface area contributed by atoms with Crippen LogP contribution in [0.3, 0.4) is 0 Å². The van der Waals surface area contributed by atoms with E-state index < -0.39 is 5.54 Å². The molecule has 3 rings (SSSR count). The summed E-state index contributed by atoms with van der Waals surface area (Å²) in [5.74, 6) is 0.0660. The first-order chi connectivity index (χ1) is 9.19. The average Bonchev–Trinajstić information content (AvgIpc) is 2.89. The third kappa shape index (κ3) is 3.02. The Kier molecular flexibility index (Phi) is 5.10. The van der Waals surface area contributed by atoms with Crippen molar-refractivity contribution in [3.8, 4) is 0 Å². The van der Waals surface area contributed by atoms with Crippen molar-refractivity contribution in [1.29, 1.82) is 0 Å². The Bertz CT molecular complexity index is 468. The highest BCUT2D eigenvalue weighted by Crippen LogP contribution is 2.34. The van der Waals surface area contributed by atoms with Crippen LogP contribution in [0, 0.1) is 0 Å². The van der Waals surface area contributed by atoms with Gasteiger partial charge in [-0.25, -0.2) is 0 Å². The van der Waals surface area contributed by atoms with Crippen molar-refractivity contribution in [3.05, 3.63) is 21.9 Å². The van der Waals surface area contributed by atoms with E-state index in [9.17, 15) is 4.79 Å². The number of carbonyl (C=O) groups excluding carboxylic acids is 1. The van der Waals surface area contributed by atoms with Crippen molar-refractivity contribution >= 4 is 29.7 Å². The van der Waals surface area contributed by atoms with Crippen LogP contribution in [0.15, 0.2) is 11.4 Å². The van der Waals surface area contributed by atoms with E-state index in [2.05, 4.69) is 16.8 Å². The van der Waals surface area contributed by atoms with Crippen LogP contribution in [-0.2, 0) is 11.2 Å². The highest BCUT2D eigenvalue weighted by molar-refractivity contribution is 7.10. The SMILES string of the molecule is Cl.NC1(C(=O)NC2CCCc3sccc32)CCCCC1. The molecule has 0 saturated heterocycles. The molecule has 3 nitrogen and oxygen atoms in total. The average molecular weight is 315 g/mol. The number of fused-ring (bicyclic) bond motifs is 1. The third-order valence-corrected chi connectivity index (χ3v) is 5.55. The quantitative estimate of drug-likeness (QED) is 0.879. The van der Waals surface area contributed by atoms with Crippen LogP contribution in [0.25, 0.3) is 0 Å². The van der Waals surface area contributed by atoms with Gasteiger partial charge in [0.25, 0.3) is 0 Å². The molecule has 0 spiro atoms. The largest absolute Gasteiger partial charge is 0.348 e. The predicted octanol–water partition coefficient (Wildman–Crippen LogP) is 3.33. The fraction of sp³-hybridized carbons (Fsp3) is 0.667. The zero-order valence-corrected chi connectivity index (χ0v) is 13.3. The number of rotatable bonds is 2. The first-order valence-electron chi connectivity index (χ1n) is 7.35. The predicted molar refractivity (Wildman–Crippen MR) is 85.4 cm³/mol. The van der Waals surface area contributed by atoms with Crippen molar-refractivity contribution in [1.82, 2.24) is 5.32 Å². The molecule has 0 aliphatic heterocycles. The second kappa shape index (κ2) is 6.46. The molecule has 1 aromatic heterocycles. The van der Waals surface area contributed by atoms with Crippen LogP contribution in [0.1, 0.15) is 61.4 Å². The van der Waals surface area contributed by atoms with Crippen molar-refractivity contribution in [3.63, 3.8) is 0 Å². The minimum Gasteiger partial charge on any atom is -0.348 e. The summed E-state index contributed by atoms with van der Waals surface area (Å²) in [4.78, 5) is 13.9. The second-order valence-electron chi connectivity index (χ2n) is 5.93. The van der Waals surface area contributed by atoms with Gasteiger partial charge in [-0.3, -0.25) is 4.79 Å².